The Hall–Kier alpha value is -3.02. The van der Waals surface area contributed by atoms with Gasteiger partial charge in [-0.2, -0.15) is 0 Å². The average Bonchev–Trinajstić information content (AvgIpc) is 2.57. The fourth-order valence-electron chi connectivity index (χ4n) is 2.18. The topological polar surface area (TPSA) is 70.7 Å². The molecule has 0 saturated heterocycles. The van der Waals surface area contributed by atoms with Gasteiger partial charge in [-0.3, -0.25) is 9.78 Å². The van der Waals surface area contributed by atoms with E-state index in [1.54, 1.807) is 0 Å². The Morgan fingerprint density at radius 3 is 2.43 bits per heavy atom. The summed E-state index contributed by atoms with van der Waals surface area (Å²) >= 11 is 0. The predicted octanol–water partition coefficient (Wildman–Crippen LogP) is 2.63. The Bertz CT molecular complexity index is 831. The molecular weight excluding hydrogens is 295 g/mol. The van der Waals surface area contributed by atoms with Gasteiger partial charge >= 0.3 is 0 Å². The van der Waals surface area contributed by atoms with Gasteiger partial charge in [0.1, 0.15) is 5.82 Å². The van der Waals surface area contributed by atoms with Gasteiger partial charge in [-0.1, -0.05) is 30.3 Å². The molecule has 5 nitrogen and oxygen atoms in total. The molecule has 0 fully saturated rings. The molecular formula is C17H15FN4O. The van der Waals surface area contributed by atoms with E-state index in [2.05, 4.69) is 20.5 Å². The molecule has 0 atom stereocenters. The highest BCUT2D eigenvalue weighted by Crippen LogP contribution is 2.12. The summed E-state index contributed by atoms with van der Waals surface area (Å²) in [5.41, 5.74) is 1.52. The van der Waals surface area contributed by atoms with Crippen LogP contribution in [0.5, 0.6) is 0 Å². The molecule has 0 unspecified atom stereocenters. The molecule has 0 aliphatic carbocycles. The zero-order valence-corrected chi connectivity index (χ0v) is 12.3. The molecule has 1 heterocycles. The predicted molar refractivity (Wildman–Crippen MR) is 86.7 cm³/mol. The van der Waals surface area contributed by atoms with Crippen molar-refractivity contribution in [3.8, 4) is 11.3 Å². The number of aromatic nitrogens is 3. The molecule has 3 aromatic rings. The van der Waals surface area contributed by atoms with Crippen molar-refractivity contribution in [3.05, 3.63) is 76.3 Å². The highest BCUT2D eigenvalue weighted by Gasteiger charge is 2.07. The van der Waals surface area contributed by atoms with Gasteiger partial charge in [-0.05, 0) is 36.2 Å². The molecule has 2 N–H and O–H groups in total. The second-order valence-electron chi connectivity index (χ2n) is 5.02. The lowest BCUT2D eigenvalue weighted by Gasteiger charge is -2.05. The number of hydrogen-bond acceptors (Lipinski definition) is 4. The molecule has 2 aromatic carbocycles. The van der Waals surface area contributed by atoms with Gasteiger partial charge in [0.05, 0.1) is 0 Å². The van der Waals surface area contributed by atoms with Crippen LogP contribution in [-0.4, -0.2) is 21.7 Å². The summed E-state index contributed by atoms with van der Waals surface area (Å²) in [6.07, 6.45) is 0.810. The third-order valence-corrected chi connectivity index (χ3v) is 3.36. The first kappa shape index (κ1) is 14.9. The molecule has 0 bridgehead atoms. The molecule has 0 aliphatic heterocycles. The summed E-state index contributed by atoms with van der Waals surface area (Å²) in [5.74, 6) is -0.0471. The summed E-state index contributed by atoms with van der Waals surface area (Å²) in [5, 5.41) is 10.9. The number of hydrogen-bond donors (Lipinski definition) is 2. The zero-order chi connectivity index (χ0) is 16.1. The van der Waals surface area contributed by atoms with Gasteiger partial charge < -0.3 is 5.32 Å². The van der Waals surface area contributed by atoms with Crippen molar-refractivity contribution in [1.82, 2.24) is 15.2 Å². The maximum Gasteiger partial charge on any atom is 0.279 e. The number of nitrogens with one attached hydrogen (secondary N) is 2. The lowest BCUT2D eigenvalue weighted by Crippen LogP contribution is -2.18. The van der Waals surface area contributed by atoms with Crippen molar-refractivity contribution in [3.63, 3.8) is 0 Å². The molecule has 0 amide bonds. The SMILES string of the molecule is O=c1[nH]c(NCCc2ccccc2)nnc1-c1ccc(F)cc1. The van der Waals surface area contributed by atoms with Crippen LogP contribution in [0.2, 0.25) is 0 Å². The van der Waals surface area contributed by atoms with Crippen molar-refractivity contribution < 1.29 is 4.39 Å². The van der Waals surface area contributed by atoms with Crippen molar-refractivity contribution in [1.29, 1.82) is 0 Å². The van der Waals surface area contributed by atoms with E-state index >= 15 is 0 Å². The molecule has 0 aliphatic rings. The Morgan fingerprint density at radius 1 is 1.00 bits per heavy atom. The van der Waals surface area contributed by atoms with E-state index in [4.69, 9.17) is 0 Å². The number of H-pyrrole nitrogens is 1. The maximum atomic E-state index is 12.9. The second kappa shape index (κ2) is 6.83. The largest absolute Gasteiger partial charge is 0.354 e. The number of halogens is 1. The molecule has 116 valence electrons. The molecule has 1 aromatic heterocycles. The maximum absolute atomic E-state index is 12.9. The number of nitrogens with zero attached hydrogens (tertiary/aromatic N) is 2. The summed E-state index contributed by atoms with van der Waals surface area (Å²) in [4.78, 5) is 14.7. The Morgan fingerprint density at radius 2 is 1.74 bits per heavy atom. The minimum atomic E-state index is -0.367. The molecule has 6 heteroatoms. The number of rotatable bonds is 5. The van der Waals surface area contributed by atoms with Gasteiger partial charge in [-0.25, -0.2) is 4.39 Å². The van der Waals surface area contributed by atoms with Crippen LogP contribution in [0.4, 0.5) is 10.3 Å². The molecule has 3 rings (SSSR count). The van der Waals surface area contributed by atoms with Crippen LogP contribution in [0, 0.1) is 5.82 Å². The quantitative estimate of drug-likeness (QED) is 0.760. The van der Waals surface area contributed by atoms with Gasteiger partial charge in [0, 0.05) is 12.1 Å². The first-order chi connectivity index (χ1) is 11.2. The fourth-order valence-corrected chi connectivity index (χ4v) is 2.18. The minimum absolute atomic E-state index is 0.165. The Labute approximate surface area is 132 Å². The second-order valence-corrected chi connectivity index (χ2v) is 5.02. The van der Waals surface area contributed by atoms with Crippen LogP contribution in [0.15, 0.2) is 59.4 Å². The summed E-state index contributed by atoms with van der Waals surface area (Å²) in [6, 6.07) is 15.6. The number of anilines is 1. The van der Waals surface area contributed by atoms with E-state index in [1.807, 2.05) is 30.3 Å². The highest BCUT2D eigenvalue weighted by molar-refractivity contribution is 5.57. The third kappa shape index (κ3) is 3.79. The van der Waals surface area contributed by atoms with Gasteiger partial charge in [0.15, 0.2) is 5.69 Å². The van der Waals surface area contributed by atoms with Crippen LogP contribution in [0.25, 0.3) is 11.3 Å². The van der Waals surface area contributed by atoms with E-state index < -0.39 is 0 Å². The highest BCUT2D eigenvalue weighted by atomic mass is 19.1. The summed E-state index contributed by atoms with van der Waals surface area (Å²) in [7, 11) is 0. The van der Waals surface area contributed by atoms with Gasteiger partial charge in [0.2, 0.25) is 5.95 Å². The number of aromatic amines is 1. The number of benzene rings is 2. The molecule has 0 radical (unpaired) electrons. The van der Waals surface area contributed by atoms with Crippen molar-refractivity contribution in [2.45, 2.75) is 6.42 Å². The monoisotopic (exact) mass is 310 g/mol. The van der Waals surface area contributed by atoms with Crippen LogP contribution >= 0.6 is 0 Å². The van der Waals surface area contributed by atoms with E-state index in [9.17, 15) is 9.18 Å². The average molecular weight is 310 g/mol. The van der Waals surface area contributed by atoms with Crippen LogP contribution in [0.1, 0.15) is 5.56 Å². The summed E-state index contributed by atoms with van der Waals surface area (Å²) in [6.45, 7) is 0.629. The first-order valence-electron chi connectivity index (χ1n) is 7.23. The van der Waals surface area contributed by atoms with Crippen molar-refractivity contribution >= 4 is 5.95 Å². The molecule has 0 saturated carbocycles. The zero-order valence-electron chi connectivity index (χ0n) is 12.3. The van der Waals surface area contributed by atoms with Gasteiger partial charge in [-0.15, -0.1) is 10.2 Å². The normalized spacial score (nSPS) is 10.5. The standard InChI is InChI=1S/C17H15FN4O/c18-14-8-6-13(7-9-14)15-16(23)20-17(22-21-15)19-11-10-12-4-2-1-3-5-12/h1-9H,10-11H2,(H2,19,20,22,23). The first-order valence-corrected chi connectivity index (χ1v) is 7.23. The molecule has 0 spiro atoms. The Kier molecular flexibility index (Phi) is 4.42. The van der Waals surface area contributed by atoms with E-state index in [1.165, 1.54) is 29.8 Å². The van der Waals surface area contributed by atoms with E-state index in [0.29, 0.717) is 18.1 Å². The van der Waals surface area contributed by atoms with Crippen LogP contribution in [-0.2, 0) is 6.42 Å². The van der Waals surface area contributed by atoms with Crippen molar-refractivity contribution in [2.24, 2.45) is 0 Å². The fraction of sp³-hybridized carbons (Fsp3) is 0.118. The van der Waals surface area contributed by atoms with E-state index in [0.717, 1.165) is 6.42 Å². The lowest BCUT2D eigenvalue weighted by molar-refractivity contribution is 0.628. The summed E-state index contributed by atoms with van der Waals surface area (Å²) < 4.78 is 12.9. The third-order valence-electron chi connectivity index (χ3n) is 3.36. The van der Waals surface area contributed by atoms with Crippen LogP contribution < -0.4 is 10.9 Å². The molecule has 23 heavy (non-hydrogen) atoms. The lowest BCUT2D eigenvalue weighted by atomic mass is 10.1. The minimum Gasteiger partial charge on any atom is -0.354 e. The van der Waals surface area contributed by atoms with Crippen LogP contribution in [0.3, 0.4) is 0 Å². The Balaban J connectivity index is 1.67. The smallest absolute Gasteiger partial charge is 0.279 e. The van der Waals surface area contributed by atoms with Gasteiger partial charge in [0.25, 0.3) is 5.56 Å². The van der Waals surface area contributed by atoms with E-state index in [-0.39, 0.29) is 17.1 Å². The van der Waals surface area contributed by atoms with Crippen molar-refractivity contribution in [2.75, 3.05) is 11.9 Å².